The van der Waals surface area contributed by atoms with Crippen LogP contribution in [0.25, 0.3) is 111 Å². The highest BCUT2D eigenvalue weighted by Gasteiger charge is 2.36. The molecule has 0 amide bonds. The Labute approximate surface area is 386 Å². The largest absolute Gasteiger partial charge is 0.417 e. The molecule has 0 radical (unpaired) electrons. The SMILES string of the molecule is Fc1cc(F)cc(-c2cc(-n3c4ccccc4c4ccc(-c5ccc(-c6ccccc6)nc5)cc43)c(-n3c4ccccc4c4ccc(-c5ccc(-c6ccccc6)nc5)cc43)cc2C(F)(F)F)c1. The Bertz CT molecular complexity index is 3870. The van der Waals surface area contributed by atoms with Gasteiger partial charge in [-0.1, -0.05) is 133 Å². The predicted octanol–water partition coefficient (Wildman–Crippen LogP) is 16.3. The van der Waals surface area contributed by atoms with E-state index in [1.165, 1.54) is 6.07 Å². The van der Waals surface area contributed by atoms with E-state index >= 15 is 22.0 Å². The number of hydrogen-bond donors (Lipinski definition) is 0. The van der Waals surface area contributed by atoms with E-state index < -0.39 is 23.4 Å². The monoisotopic (exact) mass is 894 g/mol. The van der Waals surface area contributed by atoms with Crippen LogP contribution in [0.4, 0.5) is 22.0 Å². The Balaban J connectivity index is 1.15. The van der Waals surface area contributed by atoms with Crippen molar-refractivity contribution >= 4 is 43.6 Å². The molecule has 0 atom stereocenters. The van der Waals surface area contributed by atoms with E-state index in [0.29, 0.717) is 28.3 Å². The van der Waals surface area contributed by atoms with E-state index in [0.717, 1.165) is 90.0 Å². The van der Waals surface area contributed by atoms with E-state index in [-0.39, 0.29) is 16.8 Å². The molecule has 9 heteroatoms. The Morgan fingerprint density at radius 2 is 0.765 bits per heavy atom. The van der Waals surface area contributed by atoms with Gasteiger partial charge in [-0.3, -0.25) is 9.97 Å². The maximum Gasteiger partial charge on any atom is 0.417 e. The standard InChI is InChI=1S/C59H35F5N4/c60-43-27-42(28-44(61)31-43)49-32-57(67-53-17-9-7-15-45(53)47-23-19-38(29-55(47)67)40-21-25-51(65-34-40)36-11-3-1-4-12-36)58(33-50(49)59(62,63)64)68-54-18-10-8-16-46(54)48-24-20-39(30-56(48)68)41-22-26-52(66-35-41)37-13-5-2-6-14-37/h1-35H. The first kappa shape index (κ1) is 40.8. The minimum atomic E-state index is -4.94. The molecule has 0 aliphatic heterocycles. The minimum absolute atomic E-state index is 0.209. The van der Waals surface area contributed by atoms with Crippen molar-refractivity contribution < 1.29 is 22.0 Å². The van der Waals surface area contributed by atoms with Gasteiger partial charge in [0.15, 0.2) is 0 Å². The third kappa shape index (κ3) is 6.98. The Morgan fingerprint density at radius 3 is 1.22 bits per heavy atom. The van der Waals surface area contributed by atoms with Gasteiger partial charge in [-0.2, -0.15) is 13.2 Å². The molecule has 0 unspecified atom stereocenters. The quantitative estimate of drug-likeness (QED) is 0.149. The van der Waals surface area contributed by atoms with Gasteiger partial charge in [0.05, 0.1) is 50.4 Å². The molecule has 0 fully saturated rings. The van der Waals surface area contributed by atoms with Crippen LogP contribution in [0, 0.1) is 11.6 Å². The number of para-hydroxylation sites is 2. The number of rotatable bonds is 7. The molecule has 4 heterocycles. The maximum atomic E-state index is 15.8. The van der Waals surface area contributed by atoms with Crippen molar-refractivity contribution in [2.45, 2.75) is 6.18 Å². The predicted molar refractivity (Wildman–Crippen MR) is 263 cm³/mol. The van der Waals surface area contributed by atoms with E-state index in [4.69, 9.17) is 9.97 Å². The zero-order chi connectivity index (χ0) is 46.1. The summed E-state index contributed by atoms with van der Waals surface area (Å²) in [5, 5.41) is 3.38. The maximum absolute atomic E-state index is 15.8. The summed E-state index contributed by atoms with van der Waals surface area (Å²) in [6, 6.07) is 60.1. The number of aromatic nitrogens is 4. The van der Waals surface area contributed by atoms with Crippen molar-refractivity contribution in [1.82, 2.24) is 19.1 Å². The average molecular weight is 895 g/mol. The summed E-state index contributed by atoms with van der Waals surface area (Å²) in [5.41, 5.74) is 8.55. The minimum Gasteiger partial charge on any atom is -0.307 e. The third-order valence-corrected chi connectivity index (χ3v) is 12.8. The second-order valence-electron chi connectivity index (χ2n) is 16.8. The second kappa shape index (κ2) is 16.0. The van der Waals surface area contributed by atoms with Crippen LogP contribution in [0.1, 0.15) is 5.56 Å². The number of pyridine rings is 2. The molecule has 0 saturated carbocycles. The lowest BCUT2D eigenvalue weighted by atomic mass is 9.96. The Kier molecular flexibility index (Phi) is 9.62. The first-order valence-electron chi connectivity index (χ1n) is 22.0. The van der Waals surface area contributed by atoms with E-state index in [9.17, 15) is 0 Å². The average Bonchev–Trinajstić information content (AvgIpc) is 3.88. The van der Waals surface area contributed by atoms with Gasteiger partial charge in [-0.15, -0.1) is 0 Å². The van der Waals surface area contributed by atoms with Crippen LogP contribution < -0.4 is 0 Å². The molecule has 4 nitrogen and oxygen atoms in total. The van der Waals surface area contributed by atoms with Gasteiger partial charge in [0.2, 0.25) is 0 Å². The molecule has 0 N–H and O–H groups in total. The van der Waals surface area contributed by atoms with Crippen LogP contribution in [0.5, 0.6) is 0 Å². The topological polar surface area (TPSA) is 35.6 Å². The van der Waals surface area contributed by atoms with Gasteiger partial charge in [-0.25, -0.2) is 8.78 Å². The van der Waals surface area contributed by atoms with Crippen molar-refractivity contribution in [3.05, 3.63) is 230 Å². The number of fused-ring (bicyclic) bond motifs is 6. The summed E-state index contributed by atoms with van der Waals surface area (Å²) in [4.78, 5) is 9.57. The summed E-state index contributed by atoms with van der Waals surface area (Å²) < 4.78 is 81.2. The number of benzene rings is 8. The van der Waals surface area contributed by atoms with Crippen molar-refractivity contribution in [2.24, 2.45) is 0 Å². The highest BCUT2D eigenvalue weighted by Crippen LogP contribution is 2.46. The number of alkyl halides is 3. The normalized spacial score (nSPS) is 11.9. The summed E-state index contributed by atoms with van der Waals surface area (Å²) in [6.45, 7) is 0. The third-order valence-electron chi connectivity index (χ3n) is 12.8. The molecule has 326 valence electrons. The molecule has 68 heavy (non-hydrogen) atoms. The molecule has 8 aromatic carbocycles. The fourth-order valence-electron chi connectivity index (χ4n) is 9.63. The highest BCUT2D eigenvalue weighted by atomic mass is 19.4. The molecule has 0 aliphatic carbocycles. The first-order valence-corrected chi connectivity index (χ1v) is 22.0. The molecule has 12 rings (SSSR count). The lowest BCUT2D eigenvalue weighted by molar-refractivity contribution is -0.137. The van der Waals surface area contributed by atoms with E-state index in [2.05, 4.69) is 0 Å². The van der Waals surface area contributed by atoms with Crippen molar-refractivity contribution in [1.29, 1.82) is 0 Å². The summed E-state index contributed by atoms with van der Waals surface area (Å²) in [5.74, 6) is -1.98. The number of hydrogen-bond acceptors (Lipinski definition) is 2. The van der Waals surface area contributed by atoms with Gasteiger partial charge in [0, 0.05) is 62.3 Å². The molecular formula is C59H35F5N4. The number of nitrogens with zero attached hydrogens (tertiary/aromatic N) is 4. The van der Waals surface area contributed by atoms with Crippen molar-refractivity contribution in [3.8, 4) is 67.3 Å². The smallest absolute Gasteiger partial charge is 0.307 e. The molecule has 0 bridgehead atoms. The van der Waals surface area contributed by atoms with Gasteiger partial charge >= 0.3 is 6.18 Å². The zero-order valence-corrected chi connectivity index (χ0v) is 35.9. The van der Waals surface area contributed by atoms with E-state index in [1.807, 2.05) is 185 Å². The van der Waals surface area contributed by atoms with Gasteiger partial charge in [0.25, 0.3) is 0 Å². The fourth-order valence-corrected chi connectivity index (χ4v) is 9.63. The second-order valence-corrected chi connectivity index (χ2v) is 16.8. The van der Waals surface area contributed by atoms with Crippen LogP contribution in [0.2, 0.25) is 0 Å². The zero-order valence-electron chi connectivity index (χ0n) is 35.9. The van der Waals surface area contributed by atoms with Crippen molar-refractivity contribution in [3.63, 3.8) is 0 Å². The lowest BCUT2D eigenvalue weighted by Crippen LogP contribution is -2.12. The lowest BCUT2D eigenvalue weighted by Gasteiger charge is -2.22. The number of halogens is 5. The van der Waals surface area contributed by atoms with Crippen LogP contribution in [-0.4, -0.2) is 19.1 Å². The first-order chi connectivity index (χ1) is 33.2. The summed E-state index contributed by atoms with van der Waals surface area (Å²) in [6.07, 6.45) is -1.32. The summed E-state index contributed by atoms with van der Waals surface area (Å²) in [7, 11) is 0. The highest BCUT2D eigenvalue weighted by molar-refractivity contribution is 6.13. The van der Waals surface area contributed by atoms with Crippen LogP contribution in [0.3, 0.4) is 0 Å². The fraction of sp³-hybridized carbons (Fsp3) is 0.0169. The molecular weight excluding hydrogens is 860 g/mol. The molecule has 0 spiro atoms. The Morgan fingerprint density at radius 1 is 0.338 bits per heavy atom. The van der Waals surface area contributed by atoms with Gasteiger partial charge in [-0.05, 0) is 82.9 Å². The van der Waals surface area contributed by atoms with Crippen LogP contribution in [0.15, 0.2) is 213 Å². The van der Waals surface area contributed by atoms with Gasteiger partial charge in [0.1, 0.15) is 11.6 Å². The molecule has 12 aromatic rings. The van der Waals surface area contributed by atoms with Crippen LogP contribution >= 0.6 is 0 Å². The Hall–Kier alpha value is -8.69. The summed E-state index contributed by atoms with van der Waals surface area (Å²) >= 11 is 0. The van der Waals surface area contributed by atoms with E-state index in [1.54, 1.807) is 6.20 Å². The van der Waals surface area contributed by atoms with Crippen molar-refractivity contribution in [2.75, 3.05) is 0 Å². The molecule has 0 aliphatic rings. The molecule has 0 saturated heterocycles. The molecule has 4 aromatic heterocycles. The van der Waals surface area contributed by atoms with Crippen LogP contribution in [-0.2, 0) is 6.18 Å². The van der Waals surface area contributed by atoms with Gasteiger partial charge < -0.3 is 9.13 Å².